The topological polar surface area (TPSA) is 0 Å². The van der Waals surface area contributed by atoms with E-state index < -0.39 is 0 Å². The summed E-state index contributed by atoms with van der Waals surface area (Å²) in [5.41, 5.74) is 6.71. The fraction of sp³-hybridized carbons (Fsp3) is 0.100. The molecular formula is C20H18BBr. The Kier molecular flexibility index (Phi) is 4.49. The van der Waals surface area contributed by atoms with Crippen LogP contribution < -0.4 is 16.4 Å². The molecule has 0 unspecified atom stereocenters. The van der Waals surface area contributed by atoms with Crippen molar-refractivity contribution in [1.82, 2.24) is 0 Å². The minimum atomic E-state index is 0.264. The minimum absolute atomic E-state index is 0.264. The largest absolute Gasteiger partial charge is 0.241 e. The van der Waals surface area contributed by atoms with Crippen LogP contribution in [0.25, 0.3) is 0 Å². The summed E-state index contributed by atoms with van der Waals surface area (Å²) < 4.78 is 1.17. The Morgan fingerprint density at radius 2 is 1.18 bits per heavy atom. The summed E-state index contributed by atoms with van der Waals surface area (Å²) in [4.78, 5) is 0. The molecule has 0 aliphatic rings. The SMILES string of the molecule is Cc1ccc(Br)c(C)c1B(c1ccccc1)c1ccccc1. The van der Waals surface area contributed by atoms with Crippen LogP contribution >= 0.6 is 15.9 Å². The Bertz CT molecular complexity index is 727. The van der Waals surface area contributed by atoms with Crippen LogP contribution in [0.4, 0.5) is 0 Å². The second kappa shape index (κ2) is 6.54. The average molecular weight is 349 g/mol. The third-order valence-electron chi connectivity index (χ3n) is 4.22. The Labute approximate surface area is 141 Å². The third kappa shape index (κ3) is 2.89. The van der Waals surface area contributed by atoms with Gasteiger partial charge in [0, 0.05) is 4.47 Å². The maximum absolute atomic E-state index is 3.69. The van der Waals surface area contributed by atoms with E-state index in [0.29, 0.717) is 0 Å². The lowest BCUT2D eigenvalue weighted by molar-refractivity contribution is 1.40. The number of halogens is 1. The van der Waals surface area contributed by atoms with Crippen molar-refractivity contribution >= 4 is 39.0 Å². The first kappa shape index (κ1) is 15.1. The van der Waals surface area contributed by atoms with Gasteiger partial charge in [-0.25, -0.2) is 0 Å². The van der Waals surface area contributed by atoms with E-state index in [0.717, 1.165) is 0 Å². The summed E-state index contributed by atoms with van der Waals surface area (Å²) in [6, 6.07) is 25.8. The highest BCUT2D eigenvalue weighted by Gasteiger charge is 2.25. The van der Waals surface area contributed by atoms with Crippen molar-refractivity contribution in [3.63, 3.8) is 0 Å². The standard InChI is InChI=1S/C20H18BBr/c1-15-13-14-19(22)16(2)20(15)21(17-9-5-3-6-10-17)18-11-7-4-8-12-18/h3-14H,1-2H3. The zero-order valence-corrected chi connectivity index (χ0v) is 14.5. The van der Waals surface area contributed by atoms with Gasteiger partial charge in [-0.2, -0.15) is 0 Å². The molecule has 2 heteroatoms. The van der Waals surface area contributed by atoms with Crippen molar-refractivity contribution in [1.29, 1.82) is 0 Å². The molecule has 0 saturated heterocycles. The summed E-state index contributed by atoms with van der Waals surface area (Å²) in [7, 11) is 0. The van der Waals surface area contributed by atoms with Gasteiger partial charge in [-0.3, -0.25) is 0 Å². The number of rotatable bonds is 3. The van der Waals surface area contributed by atoms with Gasteiger partial charge in [0.25, 0.3) is 0 Å². The predicted molar refractivity (Wildman–Crippen MR) is 101 cm³/mol. The van der Waals surface area contributed by atoms with E-state index in [9.17, 15) is 0 Å². The predicted octanol–water partition coefficient (Wildman–Crippen LogP) is 3.58. The van der Waals surface area contributed by atoms with E-state index in [1.165, 1.54) is 32.0 Å². The fourth-order valence-corrected chi connectivity index (χ4v) is 3.44. The first-order valence-corrected chi connectivity index (χ1v) is 8.33. The first-order chi connectivity index (χ1) is 10.7. The van der Waals surface area contributed by atoms with Gasteiger partial charge in [0.2, 0.25) is 6.71 Å². The lowest BCUT2D eigenvalue weighted by atomic mass is 9.35. The second-order valence-corrected chi connectivity index (χ2v) is 6.51. The minimum Gasteiger partial charge on any atom is -0.0686 e. The van der Waals surface area contributed by atoms with Crippen molar-refractivity contribution in [2.75, 3.05) is 0 Å². The van der Waals surface area contributed by atoms with Gasteiger partial charge in [0.15, 0.2) is 0 Å². The van der Waals surface area contributed by atoms with Crippen LogP contribution in [-0.2, 0) is 0 Å². The monoisotopic (exact) mass is 348 g/mol. The molecule has 0 fully saturated rings. The number of benzene rings is 3. The van der Waals surface area contributed by atoms with E-state index in [1.807, 2.05) is 0 Å². The molecule has 0 N–H and O–H groups in total. The zero-order valence-electron chi connectivity index (χ0n) is 12.9. The molecule has 0 aromatic heterocycles. The summed E-state index contributed by atoms with van der Waals surface area (Å²) in [6.45, 7) is 4.67. The van der Waals surface area contributed by atoms with Gasteiger partial charge in [0.05, 0.1) is 0 Å². The maximum Gasteiger partial charge on any atom is 0.241 e. The van der Waals surface area contributed by atoms with Crippen LogP contribution in [0.3, 0.4) is 0 Å². The quantitative estimate of drug-likeness (QED) is 0.634. The van der Waals surface area contributed by atoms with Crippen LogP contribution in [0.1, 0.15) is 11.1 Å². The smallest absolute Gasteiger partial charge is 0.0686 e. The number of hydrogen-bond acceptors (Lipinski definition) is 0. The van der Waals surface area contributed by atoms with Crippen molar-refractivity contribution in [2.45, 2.75) is 13.8 Å². The molecule has 0 heterocycles. The molecule has 108 valence electrons. The normalized spacial score (nSPS) is 10.5. The molecule has 0 aliphatic heterocycles. The molecule has 0 nitrogen and oxygen atoms in total. The highest BCUT2D eigenvalue weighted by Crippen LogP contribution is 2.16. The van der Waals surface area contributed by atoms with Gasteiger partial charge >= 0.3 is 0 Å². The molecular weight excluding hydrogens is 331 g/mol. The fourth-order valence-electron chi connectivity index (χ4n) is 3.10. The van der Waals surface area contributed by atoms with Gasteiger partial charge < -0.3 is 0 Å². The van der Waals surface area contributed by atoms with Crippen molar-refractivity contribution in [3.05, 3.63) is 88.4 Å². The van der Waals surface area contributed by atoms with E-state index in [1.54, 1.807) is 0 Å². The van der Waals surface area contributed by atoms with Crippen molar-refractivity contribution < 1.29 is 0 Å². The summed E-state index contributed by atoms with van der Waals surface area (Å²) >= 11 is 3.69. The summed E-state index contributed by atoms with van der Waals surface area (Å²) in [5.74, 6) is 0. The first-order valence-electron chi connectivity index (χ1n) is 7.54. The summed E-state index contributed by atoms with van der Waals surface area (Å²) in [6.07, 6.45) is 0. The highest BCUT2D eigenvalue weighted by atomic mass is 79.9. The molecule has 0 saturated carbocycles. The van der Waals surface area contributed by atoms with Crippen molar-refractivity contribution in [2.24, 2.45) is 0 Å². The highest BCUT2D eigenvalue weighted by molar-refractivity contribution is 9.10. The average Bonchev–Trinajstić information content (AvgIpc) is 2.57. The van der Waals surface area contributed by atoms with Crippen molar-refractivity contribution in [3.8, 4) is 0 Å². The Morgan fingerprint density at radius 1 is 0.682 bits per heavy atom. The Balaban J connectivity index is 2.26. The van der Waals surface area contributed by atoms with Crippen LogP contribution in [-0.4, -0.2) is 6.71 Å². The number of aryl methyl sites for hydroxylation is 1. The van der Waals surface area contributed by atoms with Gasteiger partial charge in [0.1, 0.15) is 0 Å². The molecule has 3 aromatic carbocycles. The zero-order chi connectivity index (χ0) is 15.5. The third-order valence-corrected chi connectivity index (χ3v) is 5.08. The Hall–Kier alpha value is -1.80. The molecule has 0 atom stereocenters. The van der Waals surface area contributed by atoms with Crippen LogP contribution in [0.15, 0.2) is 77.3 Å². The molecule has 0 spiro atoms. The lowest BCUT2D eigenvalue weighted by Gasteiger charge is -2.21. The molecule has 0 aliphatic carbocycles. The second-order valence-electron chi connectivity index (χ2n) is 5.66. The molecule has 0 amide bonds. The van der Waals surface area contributed by atoms with Crippen LogP contribution in [0, 0.1) is 13.8 Å². The summed E-state index contributed by atoms with van der Waals surface area (Å²) in [5, 5.41) is 0. The molecule has 0 radical (unpaired) electrons. The Morgan fingerprint density at radius 3 is 1.68 bits per heavy atom. The van der Waals surface area contributed by atoms with Gasteiger partial charge in [-0.05, 0) is 25.5 Å². The van der Waals surface area contributed by atoms with E-state index in [-0.39, 0.29) is 6.71 Å². The van der Waals surface area contributed by atoms with Crippen LogP contribution in [0.2, 0.25) is 0 Å². The molecule has 22 heavy (non-hydrogen) atoms. The molecule has 0 bridgehead atoms. The van der Waals surface area contributed by atoms with Gasteiger partial charge in [-0.15, -0.1) is 0 Å². The maximum atomic E-state index is 3.69. The van der Waals surface area contributed by atoms with E-state index >= 15 is 0 Å². The number of hydrogen-bond donors (Lipinski definition) is 0. The van der Waals surface area contributed by atoms with E-state index in [4.69, 9.17) is 0 Å². The van der Waals surface area contributed by atoms with Crippen LogP contribution in [0.5, 0.6) is 0 Å². The molecule has 3 rings (SSSR count). The van der Waals surface area contributed by atoms with E-state index in [2.05, 4.69) is 103 Å². The lowest BCUT2D eigenvalue weighted by Crippen LogP contribution is -2.53. The van der Waals surface area contributed by atoms with Gasteiger partial charge in [-0.1, -0.05) is 105 Å². The molecule has 3 aromatic rings.